The number of halogens is 5. The van der Waals surface area contributed by atoms with Gasteiger partial charge in [0.1, 0.15) is 68.7 Å². The molecule has 16 aromatic rings. The van der Waals surface area contributed by atoms with Crippen LogP contribution in [-0.2, 0) is 26.2 Å². The van der Waals surface area contributed by atoms with E-state index in [4.69, 9.17) is 42.8 Å². The number of ether oxygens (including phenoxy) is 1. The highest BCUT2D eigenvalue weighted by Crippen LogP contribution is 2.47. The van der Waals surface area contributed by atoms with Crippen LogP contribution in [0.1, 0.15) is 245 Å². The molecule has 0 aliphatic heterocycles. The second-order valence-corrected chi connectivity index (χ2v) is 40.5. The zero-order valence-electron chi connectivity index (χ0n) is 81.8. The number of methoxy groups -OCH3 is 1. The fraction of sp³-hybridized carbons (Fsp3) is 0.414. The maximum atomic E-state index is 14.5. The lowest BCUT2D eigenvalue weighted by molar-refractivity contribution is 0.0681. The molecular formula is C111H119F5N14O10. The number of Topliss-reactive ketones (excluding diaryl/α,β-unsaturated/α-hetero) is 1. The van der Waals surface area contributed by atoms with Crippen LogP contribution >= 0.6 is 0 Å². The molecule has 5 aliphatic carbocycles. The second kappa shape index (κ2) is 39.2. The molecule has 728 valence electrons. The average Bonchev–Trinajstić information content (AvgIpc) is 1.62. The minimum atomic E-state index is -1.31. The molecule has 5 saturated carbocycles. The molecule has 0 bridgehead atoms. The van der Waals surface area contributed by atoms with Crippen molar-refractivity contribution >= 4 is 61.9 Å². The summed E-state index contributed by atoms with van der Waals surface area (Å²) in [4.78, 5) is 63.6. The molecule has 13 heterocycles. The number of hydrogen-bond acceptors (Lipinski definition) is 18. The summed E-state index contributed by atoms with van der Waals surface area (Å²) in [5.74, 6) is 3.30. The number of carbonyl (C=O) groups is 3. The maximum Gasteiger partial charge on any atom is 0.339 e. The standard InChI is InChI=1S/C29H32FN3O2.C28H30FN3O4.C27H27F2N3O3.C27H30FN5O/c1-5-26(34)22-8-6-21(7-9-22)24-17-33(16-20-10-12-29(4,30)13-11-20)25-14-23(15-31-28(24)25)27-18(2)32-35-19(27)3;1-16-25(17(2)36-31-16)20-11-23-26(30-13-20)22(19-5-6-21(27(33)34)24(12-19)35-4)15-32(23)14-18-7-9-28(3,29)10-8-18;1-15-24(16(2)35-31-15)19-11-23-25(30-12-19)21(18-4-5-20(26(33)34)22(28)10-18)14-32(23)13-17-6-8-27(3,29)9-7-17;1-16-24(17(2)34-32-16)20-10-23-25(29-11-20)22(21-12-30-26(31-13-21)19-4-5-19)15-33(23)14-18-6-8-27(3,28)9-7-18/h6-9,14-15,17,20H,5,10-13,16H2,1-4H3;5-6,11-13,15,18H,7-10,14H2,1-4H3,(H,33,34);4-5,10-12,14,17H,6-9,13H2,1-3H3,(H,33,34);10-13,15,18-19H,4-9,14H2,1-3H3. The Kier molecular flexibility index (Phi) is 27.1. The molecule has 0 spiro atoms. The summed E-state index contributed by atoms with van der Waals surface area (Å²) in [6, 6.07) is 25.5. The van der Waals surface area contributed by atoms with Crippen molar-refractivity contribution in [2.24, 2.45) is 23.7 Å². The van der Waals surface area contributed by atoms with Gasteiger partial charge in [0.2, 0.25) is 0 Å². The van der Waals surface area contributed by atoms with E-state index in [-0.39, 0.29) is 16.9 Å². The van der Waals surface area contributed by atoms with Gasteiger partial charge >= 0.3 is 11.9 Å². The number of benzene rings is 3. The van der Waals surface area contributed by atoms with Crippen molar-refractivity contribution in [3.63, 3.8) is 0 Å². The van der Waals surface area contributed by atoms with Crippen LogP contribution in [0.15, 0.2) is 165 Å². The summed E-state index contributed by atoms with van der Waals surface area (Å²) >= 11 is 0. The van der Waals surface area contributed by atoms with Gasteiger partial charge in [-0.2, -0.15) is 0 Å². The minimum Gasteiger partial charge on any atom is -0.496 e. The van der Waals surface area contributed by atoms with Crippen LogP contribution in [0.4, 0.5) is 22.0 Å². The number of fused-ring (bicyclic) bond motifs is 4. The molecule has 0 atom stereocenters. The van der Waals surface area contributed by atoms with E-state index in [1.54, 1.807) is 58.2 Å². The van der Waals surface area contributed by atoms with Crippen LogP contribution in [0.3, 0.4) is 0 Å². The molecule has 21 rings (SSSR count). The van der Waals surface area contributed by atoms with Gasteiger partial charge in [0, 0.05) is 178 Å². The summed E-state index contributed by atoms with van der Waals surface area (Å²) < 4.78 is 108. The van der Waals surface area contributed by atoms with E-state index in [2.05, 4.69) is 85.7 Å². The third kappa shape index (κ3) is 20.6. The van der Waals surface area contributed by atoms with Crippen LogP contribution in [-0.4, -0.2) is 127 Å². The number of rotatable bonds is 22. The number of aromatic carboxylic acids is 2. The average molecular weight is 1900 g/mol. The van der Waals surface area contributed by atoms with Crippen molar-refractivity contribution in [3.05, 3.63) is 221 Å². The Morgan fingerprint density at radius 3 is 0.943 bits per heavy atom. The molecule has 24 nitrogen and oxygen atoms in total. The van der Waals surface area contributed by atoms with Gasteiger partial charge in [-0.15, -0.1) is 0 Å². The van der Waals surface area contributed by atoms with Crippen molar-refractivity contribution in [1.29, 1.82) is 0 Å². The fourth-order valence-corrected chi connectivity index (χ4v) is 21.2. The number of carbonyl (C=O) groups excluding carboxylic acids is 1. The lowest BCUT2D eigenvalue weighted by Crippen LogP contribution is -2.27. The number of ketones is 1. The highest BCUT2D eigenvalue weighted by molar-refractivity contribution is 6.01. The quantitative estimate of drug-likeness (QED) is 0.0470. The Labute approximate surface area is 809 Å². The van der Waals surface area contributed by atoms with Crippen LogP contribution < -0.4 is 4.74 Å². The van der Waals surface area contributed by atoms with E-state index in [0.717, 1.165) is 239 Å². The van der Waals surface area contributed by atoms with Gasteiger partial charge < -0.3 is 51.3 Å². The lowest BCUT2D eigenvalue weighted by Gasteiger charge is -2.31. The van der Waals surface area contributed by atoms with Crippen LogP contribution in [0.5, 0.6) is 5.75 Å². The van der Waals surface area contributed by atoms with Crippen LogP contribution in [0.25, 0.3) is 133 Å². The predicted molar refractivity (Wildman–Crippen MR) is 529 cm³/mol. The normalized spacial score (nSPS) is 21.0. The SMILES string of the molecule is CCC(=O)c1ccc(-c2cn(CC3CCC(C)(F)CC3)c3cc(-c4c(C)noc4C)cnc23)cc1.COc1cc(-c2cn(CC3CCC(C)(F)CC3)c3cc(-c4c(C)noc4C)cnc23)ccc1C(=O)O.Cc1noc(C)c1-c1cnc2c(-c3ccc(C(=O)O)c(F)c3)cn(CC3CCC(C)(F)CC3)c2c1.Cc1noc(C)c1-c1cnc2c(-c3cnc(C4CC4)nc3)cn(CC3CCC(C)(F)CC3)c2c1. The Morgan fingerprint density at radius 2 is 0.664 bits per heavy atom. The largest absolute Gasteiger partial charge is 0.496 e. The number of carboxylic acid groups (broad SMARTS) is 2. The van der Waals surface area contributed by atoms with E-state index >= 15 is 0 Å². The van der Waals surface area contributed by atoms with Gasteiger partial charge in [-0.25, -0.2) is 41.5 Å². The molecule has 0 saturated heterocycles. The van der Waals surface area contributed by atoms with Gasteiger partial charge in [0.15, 0.2) is 5.78 Å². The first-order chi connectivity index (χ1) is 66.9. The summed E-state index contributed by atoms with van der Waals surface area (Å²) in [5, 5.41) is 35.0. The Hall–Kier alpha value is -13.6. The van der Waals surface area contributed by atoms with E-state index in [1.165, 1.54) is 32.1 Å². The first kappa shape index (κ1) is 96.7. The number of pyridine rings is 4. The van der Waals surface area contributed by atoms with Gasteiger partial charge in [-0.1, -0.05) is 63.9 Å². The molecule has 3 aromatic carbocycles. The van der Waals surface area contributed by atoms with Gasteiger partial charge in [0.05, 0.1) is 79.6 Å². The fourth-order valence-electron chi connectivity index (χ4n) is 21.2. The lowest BCUT2D eigenvalue weighted by atomic mass is 9.81. The number of hydrogen-bond donors (Lipinski definition) is 2. The Balaban J connectivity index is 0.000000124. The smallest absolute Gasteiger partial charge is 0.339 e. The number of nitrogens with zero attached hydrogens (tertiary/aromatic N) is 14. The molecule has 0 amide bonds. The third-order valence-corrected chi connectivity index (χ3v) is 29.6. The Bertz CT molecular complexity index is 7230. The predicted octanol–water partition coefficient (Wildman–Crippen LogP) is 27.4. The molecular weight excluding hydrogens is 1780 g/mol. The highest BCUT2D eigenvalue weighted by Gasteiger charge is 2.37. The van der Waals surface area contributed by atoms with Gasteiger partial charge in [-0.05, 0) is 288 Å². The zero-order valence-corrected chi connectivity index (χ0v) is 81.8. The number of aromatic nitrogens is 14. The second-order valence-electron chi connectivity index (χ2n) is 40.5. The molecule has 0 radical (unpaired) electrons. The van der Waals surface area contributed by atoms with Crippen molar-refractivity contribution in [2.75, 3.05) is 7.11 Å². The molecule has 13 aromatic heterocycles. The first-order valence-electron chi connectivity index (χ1n) is 48.8. The number of carboxylic acids is 2. The van der Waals surface area contributed by atoms with E-state index in [1.807, 2.05) is 130 Å². The summed E-state index contributed by atoms with van der Waals surface area (Å²) in [6.45, 7) is 27.1. The van der Waals surface area contributed by atoms with Gasteiger partial charge in [-0.3, -0.25) is 24.7 Å². The summed E-state index contributed by atoms with van der Waals surface area (Å²) in [7, 11) is 1.46. The van der Waals surface area contributed by atoms with Crippen molar-refractivity contribution < 1.29 is 69.4 Å². The zero-order chi connectivity index (χ0) is 98.7. The molecule has 5 aliphatic rings. The van der Waals surface area contributed by atoms with Crippen LogP contribution in [0, 0.1) is 84.9 Å². The minimum absolute atomic E-state index is 0.107. The molecule has 29 heteroatoms. The Morgan fingerprint density at radius 1 is 0.379 bits per heavy atom. The molecule has 5 fully saturated rings. The number of aryl methyl sites for hydroxylation is 8. The van der Waals surface area contributed by atoms with Crippen molar-refractivity contribution in [3.8, 4) is 94.8 Å². The summed E-state index contributed by atoms with van der Waals surface area (Å²) in [6.07, 6.45) is 33.9. The molecule has 0 unspecified atom stereocenters. The van der Waals surface area contributed by atoms with E-state index < -0.39 is 40.4 Å². The van der Waals surface area contributed by atoms with Crippen LogP contribution in [0.2, 0.25) is 0 Å². The third-order valence-electron chi connectivity index (χ3n) is 29.6. The maximum absolute atomic E-state index is 14.5. The molecule has 2 N–H and O–H groups in total. The van der Waals surface area contributed by atoms with Crippen molar-refractivity contribution in [2.45, 2.75) is 267 Å². The van der Waals surface area contributed by atoms with Gasteiger partial charge in [0.25, 0.3) is 0 Å². The first-order valence-corrected chi connectivity index (χ1v) is 48.8. The van der Waals surface area contributed by atoms with E-state index in [0.29, 0.717) is 122 Å². The molecule has 140 heavy (non-hydrogen) atoms. The van der Waals surface area contributed by atoms with Crippen molar-refractivity contribution in [1.82, 2.24) is 68.8 Å². The number of alkyl halides is 4. The monoisotopic (exact) mass is 1900 g/mol. The highest BCUT2D eigenvalue weighted by atomic mass is 19.2. The summed E-state index contributed by atoms with van der Waals surface area (Å²) in [5.41, 5.74) is 21.3. The van der Waals surface area contributed by atoms with E-state index in [9.17, 15) is 46.5 Å². The topological polar surface area (TPSA) is 302 Å².